The van der Waals surface area contributed by atoms with Crippen LogP contribution in [0.15, 0.2) is 60.9 Å². The van der Waals surface area contributed by atoms with Crippen LogP contribution in [0.2, 0.25) is 0 Å². The van der Waals surface area contributed by atoms with Crippen molar-refractivity contribution in [3.63, 3.8) is 0 Å². The number of rotatable bonds is 4. The van der Waals surface area contributed by atoms with Gasteiger partial charge < -0.3 is 10.4 Å². The number of anilines is 1. The summed E-state index contributed by atoms with van der Waals surface area (Å²) in [5, 5.41) is 20.3. The SMILES string of the molecule is O=C(Cc1cccc(O)c1)Nc1ccc(-n2nccn2)cc1. The number of phenolic OH excluding ortho intramolecular Hbond substituents is 1. The molecule has 3 aromatic rings. The Labute approximate surface area is 127 Å². The lowest BCUT2D eigenvalue weighted by molar-refractivity contribution is -0.115. The lowest BCUT2D eigenvalue weighted by atomic mass is 10.1. The Hall–Kier alpha value is -3.15. The highest BCUT2D eigenvalue weighted by Gasteiger charge is 2.05. The Morgan fingerprint density at radius 1 is 1.09 bits per heavy atom. The number of amides is 1. The van der Waals surface area contributed by atoms with Crippen molar-refractivity contribution < 1.29 is 9.90 Å². The van der Waals surface area contributed by atoms with Crippen molar-refractivity contribution in [3.05, 3.63) is 66.5 Å². The minimum absolute atomic E-state index is 0.143. The molecule has 0 unspecified atom stereocenters. The molecule has 0 spiro atoms. The molecule has 2 aromatic carbocycles. The summed E-state index contributed by atoms with van der Waals surface area (Å²) in [6, 6.07) is 13.9. The Morgan fingerprint density at radius 3 is 2.50 bits per heavy atom. The summed E-state index contributed by atoms with van der Waals surface area (Å²) in [6.45, 7) is 0. The maximum absolute atomic E-state index is 12.0. The van der Waals surface area contributed by atoms with Crippen LogP contribution >= 0.6 is 0 Å². The Balaban J connectivity index is 1.64. The lowest BCUT2D eigenvalue weighted by Crippen LogP contribution is -2.14. The summed E-state index contributed by atoms with van der Waals surface area (Å²) in [6.07, 6.45) is 3.41. The standard InChI is InChI=1S/C16H14N4O2/c21-15-3-1-2-12(10-15)11-16(22)19-13-4-6-14(7-5-13)20-17-8-9-18-20/h1-10,21H,11H2,(H,19,22). The second kappa shape index (κ2) is 6.09. The fourth-order valence-corrected chi connectivity index (χ4v) is 2.08. The van der Waals surface area contributed by atoms with Crippen LogP contribution in [0.3, 0.4) is 0 Å². The molecule has 0 saturated carbocycles. The predicted molar refractivity (Wildman–Crippen MR) is 81.8 cm³/mol. The smallest absolute Gasteiger partial charge is 0.228 e. The van der Waals surface area contributed by atoms with Gasteiger partial charge in [0.05, 0.1) is 24.5 Å². The number of nitrogens with one attached hydrogen (secondary N) is 1. The average molecular weight is 294 g/mol. The third kappa shape index (κ3) is 3.29. The Kier molecular flexibility index (Phi) is 3.82. The van der Waals surface area contributed by atoms with E-state index in [1.165, 1.54) is 4.80 Å². The first-order chi connectivity index (χ1) is 10.7. The van der Waals surface area contributed by atoms with E-state index in [0.717, 1.165) is 11.3 Å². The summed E-state index contributed by atoms with van der Waals surface area (Å²) in [4.78, 5) is 13.5. The third-order valence-corrected chi connectivity index (χ3v) is 3.08. The maximum atomic E-state index is 12.0. The van der Waals surface area contributed by atoms with Crippen molar-refractivity contribution >= 4 is 11.6 Å². The summed E-state index contributed by atoms with van der Waals surface area (Å²) in [5.41, 5.74) is 2.27. The quantitative estimate of drug-likeness (QED) is 0.772. The van der Waals surface area contributed by atoms with Crippen molar-refractivity contribution in [1.82, 2.24) is 15.0 Å². The van der Waals surface area contributed by atoms with Crippen molar-refractivity contribution in [1.29, 1.82) is 0 Å². The maximum Gasteiger partial charge on any atom is 0.228 e. The molecule has 1 heterocycles. The minimum atomic E-state index is -0.143. The summed E-state index contributed by atoms with van der Waals surface area (Å²) in [7, 11) is 0. The van der Waals surface area contributed by atoms with Gasteiger partial charge in [-0.2, -0.15) is 15.0 Å². The number of hydrogen-bond acceptors (Lipinski definition) is 4. The lowest BCUT2D eigenvalue weighted by Gasteiger charge is -2.06. The van der Waals surface area contributed by atoms with Crippen molar-refractivity contribution in [2.75, 3.05) is 5.32 Å². The largest absolute Gasteiger partial charge is 0.508 e. The Bertz CT molecular complexity index is 767. The number of aromatic nitrogens is 3. The van der Waals surface area contributed by atoms with Gasteiger partial charge in [0, 0.05) is 5.69 Å². The highest BCUT2D eigenvalue weighted by molar-refractivity contribution is 5.92. The van der Waals surface area contributed by atoms with Crippen molar-refractivity contribution in [3.8, 4) is 11.4 Å². The molecule has 0 bridgehead atoms. The average Bonchev–Trinajstić information content (AvgIpc) is 3.02. The zero-order valence-corrected chi connectivity index (χ0v) is 11.7. The Morgan fingerprint density at radius 2 is 1.82 bits per heavy atom. The van der Waals surface area contributed by atoms with Crippen LogP contribution in [0, 0.1) is 0 Å². The van der Waals surface area contributed by atoms with Gasteiger partial charge in [-0.25, -0.2) is 0 Å². The van der Waals surface area contributed by atoms with Gasteiger partial charge in [0.25, 0.3) is 0 Å². The molecule has 0 aliphatic carbocycles. The predicted octanol–water partition coefficient (Wildman–Crippen LogP) is 2.15. The van der Waals surface area contributed by atoms with Gasteiger partial charge in [-0.05, 0) is 42.0 Å². The van der Waals surface area contributed by atoms with Crippen molar-refractivity contribution in [2.45, 2.75) is 6.42 Å². The summed E-state index contributed by atoms with van der Waals surface area (Å²) < 4.78 is 0. The van der Waals surface area contributed by atoms with Crippen LogP contribution in [-0.2, 0) is 11.2 Å². The van der Waals surface area contributed by atoms with E-state index in [0.29, 0.717) is 5.69 Å². The van der Waals surface area contributed by atoms with E-state index in [4.69, 9.17) is 0 Å². The number of hydrogen-bond donors (Lipinski definition) is 2. The van der Waals surface area contributed by atoms with Gasteiger partial charge in [0.1, 0.15) is 5.75 Å². The molecule has 0 fully saturated rings. The molecule has 3 rings (SSSR count). The van der Waals surface area contributed by atoms with Gasteiger partial charge in [-0.3, -0.25) is 4.79 Å². The first-order valence-corrected chi connectivity index (χ1v) is 6.75. The molecule has 2 N–H and O–H groups in total. The molecule has 0 atom stereocenters. The van der Waals surface area contributed by atoms with Gasteiger partial charge in [-0.15, -0.1) is 0 Å². The summed E-state index contributed by atoms with van der Waals surface area (Å²) in [5.74, 6) is 0.0111. The van der Waals surface area contributed by atoms with E-state index >= 15 is 0 Å². The molecule has 1 aromatic heterocycles. The molecule has 6 nitrogen and oxygen atoms in total. The van der Waals surface area contributed by atoms with Gasteiger partial charge >= 0.3 is 0 Å². The van der Waals surface area contributed by atoms with Gasteiger partial charge in [0.2, 0.25) is 5.91 Å². The first-order valence-electron chi connectivity index (χ1n) is 6.75. The molecule has 22 heavy (non-hydrogen) atoms. The number of carbonyl (C=O) groups excluding carboxylic acids is 1. The number of phenols is 1. The van der Waals surface area contributed by atoms with Crippen molar-refractivity contribution in [2.24, 2.45) is 0 Å². The molecule has 110 valence electrons. The van der Waals surface area contributed by atoms with Crippen LogP contribution < -0.4 is 5.32 Å². The zero-order valence-electron chi connectivity index (χ0n) is 11.7. The normalized spacial score (nSPS) is 10.4. The van der Waals surface area contributed by atoms with E-state index in [2.05, 4.69) is 15.5 Å². The van der Waals surface area contributed by atoms with Crippen LogP contribution in [0.5, 0.6) is 5.75 Å². The second-order valence-electron chi connectivity index (χ2n) is 4.76. The topological polar surface area (TPSA) is 80.0 Å². The van der Waals surface area contributed by atoms with E-state index in [1.807, 2.05) is 12.1 Å². The zero-order chi connectivity index (χ0) is 15.4. The molecule has 0 aliphatic heterocycles. The minimum Gasteiger partial charge on any atom is -0.508 e. The number of aromatic hydroxyl groups is 1. The van der Waals surface area contributed by atoms with Crippen LogP contribution in [0.25, 0.3) is 5.69 Å². The van der Waals surface area contributed by atoms with E-state index in [9.17, 15) is 9.90 Å². The second-order valence-corrected chi connectivity index (χ2v) is 4.76. The van der Waals surface area contributed by atoms with Crippen LogP contribution in [-0.4, -0.2) is 26.0 Å². The highest BCUT2D eigenvalue weighted by atomic mass is 16.3. The molecule has 1 amide bonds. The molecule has 0 aliphatic rings. The third-order valence-electron chi connectivity index (χ3n) is 3.08. The van der Waals surface area contributed by atoms with Crippen LogP contribution in [0.4, 0.5) is 5.69 Å². The first kappa shape index (κ1) is 13.8. The number of benzene rings is 2. The van der Waals surface area contributed by atoms with Gasteiger partial charge in [-0.1, -0.05) is 12.1 Å². The van der Waals surface area contributed by atoms with E-state index in [1.54, 1.807) is 48.8 Å². The highest BCUT2D eigenvalue weighted by Crippen LogP contribution is 2.14. The monoisotopic (exact) mass is 294 g/mol. The van der Waals surface area contributed by atoms with Gasteiger partial charge in [0.15, 0.2) is 0 Å². The van der Waals surface area contributed by atoms with E-state index in [-0.39, 0.29) is 18.1 Å². The molecular formula is C16H14N4O2. The number of nitrogens with zero attached hydrogens (tertiary/aromatic N) is 3. The molecule has 0 saturated heterocycles. The van der Waals surface area contributed by atoms with Crippen LogP contribution in [0.1, 0.15) is 5.56 Å². The molecule has 6 heteroatoms. The molecule has 0 radical (unpaired) electrons. The number of carbonyl (C=O) groups is 1. The fraction of sp³-hybridized carbons (Fsp3) is 0.0625. The fourth-order valence-electron chi connectivity index (χ4n) is 2.08. The summed E-state index contributed by atoms with van der Waals surface area (Å²) >= 11 is 0. The van der Waals surface area contributed by atoms with E-state index < -0.39 is 0 Å². The molecular weight excluding hydrogens is 280 g/mol.